The zero-order valence-corrected chi connectivity index (χ0v) is 11.6. The van der Waals surface area contributed by atoms with Gasteiger partial charge in [0.05, 0.1) is 19.2 Å². The summed E-state index contributed by atoms with van der Waals surface area (Å²) in [5.74, 6) is -0.0153. The maximum absolute atomic E-state index is 11.6. The van der Waals surface area contributed by atoms with E-state index in [9.17, 15) is 9.59 Å². The van der Waals surface area contributed by atoms with Gasteiger partial charge in [-0.2, -0.15) is 0 Å². The van der Waals surface area contributed by atoms with Crippen LogP contribution in [0.25, 0.3) is 0 Å². The summed E-state index contributed by atoms with van der Waals surface area (Å²) in [5, 5.41) is 5.35. The number of urea groups is 1. The van der Waals surface area contributed by atoms with Crippen LogP contribution in [0.2, 0.25) is 5.02 Å². The molecule has 6 nitrogen and oxygen atoms in total. The molecular formula is C12H15ClN2O4. The van der Waals surface area contributed by atoms with Crippen molar-refractivity contribution in [3.8, 4) is 5.75 Å². The van der Waals surface area contributed by atoms with Crippen molar-refractivity contribution in [3.63, 3.8) is 0 Å². The predicted octanol–water partition coefficient (Wildman–Crippen LogP) is 2.03. The molecule has 0 radical (unpaired) electrons. The van der Waals surface area contributed by atoms with Crippen LogP contribution in [-0.4, -0.2) is 32.3 Å². The van der Waals surface area contributed by atoms with E-state index in [1.54, 1.807) is 18.2 Å². The summed E-state index contributed by atoms with van der Waals surface area (Å²) >= 11 is 5.92. The molecule has 104 valence electrons. The molecule has 1 aromatic carbocycles. The van der Waals surface area contributed by atoms with E-state index >= 15 is 0 Å². The predicted molar refractivity (Wildman–Crippen MR) is 71.6 cm³/mol. The van der Waals surface area contributed by atoms with Crippen LogP contribution in [0.3, 0.4) is 0 Å². The van der Waals surface area contributed by atoms with E-state index in [1.165, 1.54) is 21.1 Å². The molecule has 0 aromatic heterocycles. The van der Waals surface area contributed by atoms with Gasteiger partial charge in [-0.25, -0.2) is 9.59 Å². The number of nitrogens with one attached hydrogen (secondary N) is 2. The molecule has 19 heavy (non-hydrogen) atoms. The van der Waals surface area contributed by atoms with E-state index in [0.717, 1.165) is 0 Å². The Morgan fingerprint density at radius 2 is 2.00 bits per heavy atom. The van der Waals surface area contributed by atoms with Crippen molar-refractivity contribution >= 4 is 29.3 Å². The van der Waals surface area contributed by atoms with E-state index in [0.29, 0.717) is 16.5 Å². The molecule has 0 aliphatic rings. The van der Waals surface area contributed by atoms with Crippen molar-refractivity contribution in [2.75, 3.05) is 19.5 Å². The molecule has 1 atom stereocenters. The van der Waals surface area contributed by atoms with Crippen LogP contribution in [0.5, 0.6) is 5.75 Å². The number of carbonyl (C=O) groups is 2. The lowest BCUT2D eigenvalue weighted by Gasteiger charge is -2.13. The third kappa shape index (κ3) is 4.33. The first-order valence-electron chi connectivity index (χ1n) is 5.46. The molecular weight excluding hydrogens is 272 g/mol. The summed E-state index contributed by atoms with van der Waals surface area (Å²) in [6, 6.07) is 3.54. The Balaban J connectivity index is 2.62. The molecule has 7 heteroatoms. The van der Waals surface area contributed by atoms with Gasteiger partial charge in [0.15, 0.2) is 0 Å². The molecule has 1 rings (SSSR count). The van der Waals surface area contributed by atoms with Crippen molar-refractivity contribution < 1.29 is 19.1 Å². The zero-order chi connectivity index (χ0) is 14.4. The number of halogens is 1. The largest absolute Gasteiger partial charge is 0.495 e. The second-order valence-corrected chi connectivity index (χ2v) is 4.10. The highest BCUT2D eigenvalue weighted by atomic mass is 35.5. The van der Waals surface area contributed by atoms with Crippen molar-refractivity contribution in [1.82, 2.24) is 5.32 Å². The van der Waals surface area contributed by atoms with Crippen molar-refractivity contribution in [2.24, 2.45) is 0 Å². The fourth-order valence-electron chi connectivity index (χ4n) is 1.34. The lowest BCUT2D eigenvalue weighted by atomic mass is 10.3. The first kappa shape index (κ1) is 15.1. The number of benzene rings is 1. The minimum absolute atomic E-state index is 0.376. The fraction of sp³-hybridized carbons (Fsp3) is 0.333. The van der Waals surface area contributed by atoms with Gasteiger partial charge >= 0.3 is 12.0 Å². The normalized spacial score (nSPS) is 11.4. The minimum Gasteiger partial charge on any atom is -0.495 e. The maximum atomic E-state index is 11.6. The minimum atomic E-state index is -0.737. The van der Waals surface area contributed by atoms with Crippen LogP contribution >= 0.6 is 11.6 Å². The van der Waals surface area contributed by atoms with E-state index in [4.69, 9.17) is 16.3 Å². The van der Waals surface area contributed by atoms with Gasteiger partial charge in [0.25, 0.3) is 0 Å². The average molecular weight is 287 g/mol. The molecule has 0 aliphatic carbocycles. The highest BCUT2D eigenvalue weighted by Gasteiger charge is 2.15. The summed E-state index contributed by atoms with van der Waals surface area (Å²) in [4.78, 5) is 22.7. The summed E-state index contributed by atoms with van der Waals surface area (Å²) in [6.07, 6.45) is 0. The summed E-state index contributed by atoms with van der Waals surface area (Å²) in [6.45, 7) is 1.52. The topological polar surface area (TPSA) is 76.7 Å². The number of esters is 1. The van der Waals surface area contributed by atoms with Crippen LogP contribution in [0.1, 0.15) is 6.92 Å². The van der Waals surface area contributed by atoms with E-state index in [1.807, 2.05) is 0 Å². The quantitative estimate of drug-likeness (QED) is 0.830. The highest BCUT2D eigenvalue weighted by molar-refractivity contribution is 6.32. The number of amides is 2. The standard InChI is InChI=1S/C12H15ClN2O4/c1-7(11(16)19-3)14-12(17)15-8-4-5-10(18-2)9(13)6-8/h4-7H,1-3H3,(H2,14,15,17)/t7-/m1/s1. The lowest BCUT2D eigenvalue weighted by Crippen LogP contribution is -2.41. The van der Waals surface area contributed by atoms with Crippen LogP contribution in [0.15, 0.2) is 18.2 Å². The fourth-order valence-corrected chi connectivity index (χ4v) is 1.60. The Bertz CT molecular complexity index is 479. The average Bonchev–Trinajstić information content (AvgIpc) is 2.37. The second kappa shape index (κ2) is 6.84. The van der Waals surface area contributed by atoms with Gasteiger partial charge in [-0.1, -0.05) is 11.6 Å². The van der Waals surface area contributed by atoms with Gasteiger partial charge in [-0.3, -0.25) is 0 Å². The number of ether oxygens (including phenoxy) is 2. The number of hydrogen-bond donors (Lipinski definition) is 2. The first-order valence-corrected chi connectivity index (χ1v) is 5.84. The number of carbonyl (C=O) groups excluding carboxylic acids is 2. The second-order valence-electron chi connectivity index (χ2n) is 3.69. The molecule has 0 spiro atoms. The van der Waals surface area contributed by atoms with E-state index < -0.39 is 18.0 Å². The molecule has 1 aromatic rings. The van der Waals surface area contributed by atoms with E-state index in [-0.39, 0.29) is 0 Å². The molecule has 0 heterocycles. The van der Waals surface area contributed by atoms with Gasteiger partial charge in [0, 0.05) is 5.69 Å². The van der Waals surface area contributed by atoms with Crippen molar-refractivity contribution in [2.45, 2.75) is 13.0 Å². The summed E-state index contributed by atoms with van der Waals surface area (Å²) in [5.41, 5.74) is 0.486. The molecule has 0 saturated carbocycles. The monoisotopic (exact) mass is 286 g/mol. The Labute approximate surface area is 116 Å². The molecule has 0 aliphatic heterocycles. The Morgan fingerprint density at radius 3 is 2.53 bits per heavy atom. The zero-order valence-electron chi connectivity index (χ0n) is 10.8. The third-order valence-corrected chi connectivity index (χ3v) is 2.61. The molecule has 2 amide bonds. The molecule has 0 unspecified atom stereocenters. The van der Waals surface area contributed by atoms with Gasteiger partial charge in [0.1, 0.15) is 11.8 Å². The number of hydrogen-bond acceptors (Lipinski definition) is 4. The highest BCUT2D eigenvalue weighted by Crippen LogP contribution is 2.27. The summed E-state index contributed by atoms with van der Waals surface area (Å²) in [7, 11) is 2.75. The molecule has 0 saturated heterocycles. The van der Waals surface area contributed by atoms with Crippen molar-refractivity contribution in [3.05, 3.63) is 23.2 Å². The van der Waals surface area contributed by atoms with Gasteiger partial charge in [0.2, 0.25) is 0 Å². The summed E-state index contributed by atoms with van der Waals surface area (Å²) < 4.78 is 9.49. The van der Waals surface area contributed by atoms with Crippen molar-refractivity contribution in [1.29, 1.82) is 0 Å². The van der Waals surface area contributed by atoms with Gasteiger partial charge in [-0.15, -0.1) is 0 Å². The van der Waals surface area contributed by atoms with E-state index in [2.05, 4.69) is 15.4 Å². The van der Waals surface area contributed by atoms with Gasteiger partial charge in [-0.05, 0) is 25.1 Å². The van der Waals surface area contributed by atoms with Crippen LogP contribution in [0, 0.1) is 0 Å². The third-order valence-electron chi connectivity index (χ3n) is 2.31. The number of methoxy groups -OCH3 is 2. The maximum Gasteiger partial charge on any atom is 0.328 e. The van der Waals surface area contributed by atoms with Crippen LogP contribution in [-0.2, 0) is 9.53 Å². The van der Waals surface area contributed by atoms with Crippen LogP contribution in [0.4, 0.5) is 10.5 Å². The van der Waals surface area contributed by atoms with Crippen LogP contribution < -0.4 is 15.4 Å². The van der Waals surface area contributed by atoms with Gasteiger partial charge < -0.3 is 20.1 Å². The molecule has 0 bridgehead atoms. The Kier molecular flexibility index (Phi) is 5.44. The number of anilines is 1. The SMILES string of the molecule is COC(=O)[C@@H](C)NC(=O)Nc1ccc(OC)c(Cl)c1. The smallest absolute Gasteiger partial charge is 0.328 e. The molecule has 0 fully saturated rings. The molecule has 2 N–H and O–H groups in total. The number of rotatable bonds is 4. The lowest BCUT2D eigenvalue weighted by molar-refractivity contribution is -0.142. The first-order chi connectivity index (χ1) is 8.97. The Hall–Kier alpha value is -1.95. The Morgan fingerprint density at radius 1 is 1.32 bits per heavy atom.